The van der Waals surface area contributed by atoms with E-state index < -0.39 is 0 Å². The molecule has 3 aromatic rings. The van der Waals surface area contributed by atoms with Crippen LogP contribution in [0.15, 0.2) is 103 Å². The monoisotopic (exact) mass is 395 g/mol. The van der Waals surface area contributed by atoms with Gasteiger partial charge in [-0.1, -0.05) is 66.7 Å². The molecule has 0 aromatic heterocycles. The van der Waals surface area contributed by atoms with Crippen molar-refractivity contribution in [1.82, 2.24) is 5.32 Å². The summed E-state index contributed by atoms with van der Waals surface area (Å²) >= 11 is 0. The minimum absolute atomic E-state index is 0.804. The van der Waals surface area contributed by atoms with Crippen LogP contribution in [0.1, 0.15) is 29.5 Å². The molecule has 0 bridgehead atoms. The maximum Gasteiger partial charge on any atom is 0.0401 e. The molecule has 0 saturated heterocycles. The van der Waals surface area contributed by atoms with E-state index in [2.05, 4.69) is 101 Å². The van der Waals surface area contributed by atoms with Gasteiger partial charge >= 0.3 is 0 Å². The van der Waals surface area contributed by atoms with Crippen molar-refractivity contribution in [2.45, 2.75) is 32.5 Å². The van der Waals surface area contributed by atoms with Crippen molar-refractivity contribution in [1.29, 1.82) is 0 Å². The highest BCUT2D eigenvalue weighted by Gasteiger charge is 2.04. The summed E-state index contributed by atoms with van der Waals surface area (Å²) in [5.74, 6) is 0. The fourth-order valence-electron chi connectivity index (χ4n) is 3.61. The molecular formula is C27H29N3. The van der Waals surface area contributed by atoms with Crippen molar-refractivity contribution in [3.8, 4) is 0 Å². The molecule has 1 aliphatic rings. The molecule has 30 heavy (non-hydrogen) atoms. The molecule has 1 aliphatic carbocycles. The third-order valence-electron chi connectivity index (χ3n) is 5.14. The van der Waals surface area contributed by atoms with Crippen LogP contribution in [-0.4, -0.2) is 0 Å². The number of allylic oxidation sites excluding steroid dienone is 3. The van der Waals surface area contributed by atoms with Crippen molar-refractivity contribution < 1.29 is 0 Å². The van der Waals surface area contributed by atoms with Gasteiger partial charge in [0, 0.05) is 36.7 Å². The summed E-state index contributed by atoms with van der Waals surface area (Å²) in [7, 11) is 0. The first-order valence-electron chi connectivity index (χ1n) is 10.7. The van der Waals surface area contributed by atoms with E-state index >= 15 is 0 Å². The van der Waals surface area contributed by atoms with Gasteiger partial charge in [-0.15, -0.1) is 0 Å². The van der Waals surface area contributed by atoms with E-state index in [1.807, 2.05) is 12.1 Å². The lowest BCUT2D eigenvalue weighted by Crippen LogP contribution is -2.13. The molecule has 0 amide bonds. The van der Waals surface area contributed by atoms with Gasteiger partial charge < -0.3 is 16.0 Å². The number of nitrogens with one attached hydrogen (secondary N) is 3. The van der Waals surface area contributed by atoms with E-state index in [9.17, 15) is 0 Å². The first-order chi connectivity index (χ1) is 14.8. The average molecular weight is 396 g/mol. The van der Waals surface area contributed by atoms with Gasteiger partial charge in [0.2, 0.25) is 0 Å². The average Bonchev–Trinajstić information content (AvgIpc) is 2.82. The zero-order valence-electron chi connectivity index (χ0n) is 17.3. The third-order valence-corrected chi connectivity index (χ3v) is 5.14. The van der Waals surface area contributed by atoms with Gasteiger partial charge in [0.15, 0.2) is 0 Å². The summed E-state index contributed by atoms with van der Waals surface area (Å²) in [6.45, 7) is 2.44. The normalized spacial score (nSPS) is 12.9. The fourth-order valence-corrected chi connectivity index (χ4v) is 3.61. The van der Waals surface area contributed by atoms with Crippen LogP contribution in [0.4, 0.5) is 11.4 Å². The number of hydrogen-bond acceptors (Lipinski definition) is 3. The highest BCUT2D eigenvalue weighted by atomic mass is 14.9. The van der Waals surface area contributed by atoms with Crippen molar-refractivity contribution in [2.75, 3.05) is 10.6 Å². The second kappa shape index (κ2) is 10.4. The molecule has 3 heteroatoms. The maximum atomic E-state index is 3.57. The lowest BCUT2D eigenvalue weighted by atomic mass is 10.0. The summed E-state index contributed by atoms with van der Waals surface area (Å²) in [6.07, 6.45) is 8.95. The topological polar surface area (TPSA) is 36.1 Å². The SMILES string of the molecule is C1=CC(NCc2cc(CNc3ccccc3)cc(CNc3ccccc3)c2)=CCC1. The Balaban J connectivity index is 1.46. The van der Waals surface area contributed by atoms with E-state index in [4.69, 9.17) is 0 Å². The molecule has 3 aromatic carbocycles. The van der Waals surface area contributed by atoms with E-state index in [1.54, 1.807) is 0 Å². The molecule has 0 heterocycles. The largest absolute Gasteiger partial charge is 0.381 e. The highest BCUT2D eigenvalue weighted by molar-refractivity contribution is 5.45. The number of benzene rings is 3. The summed E-state index contributed by atoms with van der Waals surface area (Å²) in [6, 6.07) is 27.6. The van der Waals surface area contributed by atoms with E-state index in [0.29, 0.717) is 0 Å². The van der Waals surface area contributed by atoms with E-state index in [0.717, 1.165) is 43.9 Å². The molecule has 3 nitrogen and oxygen atoms in total. The third kappa shape index (κ3) is 6.02. The second-order valence-electron chi connectivity index (χ2n) is 7.59. The first-order valence-corrected chi connectivity index (χ1v) is 10.7. The van der Waals surface area contributed by atoms with Gasteiger partial charge in [0.25, 0.3) is 0 Å². The molecule has 0 unspecified atom stereocenters. The summed E-state index contributed by atoms with van der Waals surface area (Å²) < 4.78 is 0. The van der Waals surface area contributed by atoms with E-state index in [1.165, 1.54) is 22.4 Å². The molecule has 3 N–H and O–H groups in total. The Kier molecular flexibility index (Phi) is 6.85. The Morgan fingerprint density at radius 1 is 0.567 bits per heavy atom. The predicted octanol–water partition coefficient (Wildman–Crippen LogP) is 6.23. The molecular weight excluding hydrogens is 366 g/mol. The molecule has 0 spiro atoms. The molecule has 0 radical (unpaired) electrons. The van der Waals surface area contributed by atoms with Crippen LogP contribution < -0.4 is 16.0 Å². The number of anilines is 2. The van der Waals surface area contributed by atoms with E-state index in [-0.39, 0.29) is 0 Å². The molecule has 4 rings (SSSR count). The fraction of sp³-hybridized carbons (Fsp3) is 0.185. The zero-order valence-corrected chi connectivity index (χ0v) is 17.3. The summed E-state index contributed by atoms with van der Waals surface area (Å²) in [5, 5.41) is 10.6. The quantitative estimate of drug-likeness (QED) is 0.402. The Morgan fingerprint density at radius 3 is 1.53 bits per heavy atom. The van der Waals surface area contributed by atoms with Crippen LogP contribution in [-0.2, 0) is 19.6 Å². The molecule has 0 fully saturated rings. The lowest BCUT2D eigenvalue weighted by Gasteiger charge is -2.15. The van der Waals surface area contributed by atoms with Crippen molar-refractivity contribution in [3.63, 3.8) is 0 Å². The van der Waals surface area contributed by atoms with Gasteiger partial charge in [0.1, 0.15) is 0 Å². The minimum atomic E-state index is 0.804. The smallest absolute Gasteiger partial charge is 0.0401 e. The number of hydrogen-bond donors (Lipinski definition) is 3. The van der Waals surface area contributed by atoms with Crippen LogP contribution in [0.2, 0.25) is 0 Å². The van der Waals surface area contributed by atoms with Gasteiger partial charge in [-0.05, 0) is 59.9 Å². The first kappa shape index (κ1) is 19.8. The van der Waals surface area contributed by atoms with Crippen LogP contribution in [0.5, 0.6) is 0 Å². The van der Waals surface area contributed by atoms with Crippen LogP contribution in [0, 0.1) is 0 Å². The van der Waals surface area contributed by atoms with Crippen LogP contribution in [0.25, 0.3) is 0 Å². The summed E-state index contributed by atoms with van der Waals surface area (Å²) in [4.78, 5) is 0. The Labute approximate surface area is 179 Å². The number of rotatable bonds is 9. The van der Waals surface area contributed by atoms with Crippen LogP contribution >= 0.6 is 0 Å². The highest BCUT2D eigenvalue weighted by Crippen LogP contribution is 2.16. The van der Waals surface area contributed by atoms with Crippen molar-refractivity contribution in [3.05, 3.63) is 119 Å². The zero-order chi connectivity index (χ0) is 20.4. The molecule has 0 aliphatic heterocycles. The lowest BCUT2D eigenvalue weighted by molar-refractivity contribution is 0.809. The Morgan fingerprint density at radius 2 is 1.07 bits per heavy atom. The number of para-hydroxylation sites is 2. The van der Waals surface area contributed by atoms with Crippen LogP contribution in [0.3, 0.4) is 0 Å². The van der Waals surface area contributed by atoms with Gasteiger partial charge in [-0.25, -0.2) is 0 Å². The van der Waals surface area contributed by atoms with Gasteiger partial charge in [-0.2, -0.15) is 0 Å². The Hall–Kier alpha value is -3.46. The standard InChI is InChI=1S/C27H29N3/c1-4-10-25(11-5-1)28-19-22-16-23(20-29-26-12-6-2-7-13-26)18-24(17-22)21-30-27-14-8-3-9-15-27/h1-2,4-8,10-18,28-30H,3,9,19-21H2. The van der Waals surface area contributed by atoms with Crippen molar-refractivity contribution >= 4 is 11.4 Å². The Bertz CT molecular complexity index is 929. The van der Waals surface area contributed by atoms with Gasteiger partial charge in [0.05, 0.1) is 0 Å². The molecule has 0 atom stereocenters. The second-order valence-corrected chi connectivity index (χ2v) is 7.59. The maximum absolute atomic E-state index is 3.57. The van der Waals surface area contributed by atoms with Gasteiger partial charge in [-0.3, -0.25) is 0 Å². The van der Waals surface area contributed by atoms with Crippen molar-refractivity contribution in [2.24, 2.45) is 0 Å². The summed E-state index contributed by atoms with van der Waals surface area (Å²) in [5.41, 5.74) is 7.38. The molecule has 152 valence electrons. The molecule has 0 saturated carbocycles. The minimum Gasteiger partial charge on any atom is -0.381 e. The predicted molar refractivity (Wildman–Crippen MR) is 127 cm³/mol.